The van der Waals surface area contributed by atoms with E-state index in [1.165, 1.54) is 49.8 Å². The highest BCUT2D eigenvalue weighted by atomic mass is 14.8. The van der Waals surface area contributed by atoms with Crippen molar-refractivity contribution < 1.29 is 0 Å². The van der Waals surface area contributed by atoms with E-state index in [9.17, 15) is 0 Å². The van der Waals surface area contributed by atoms with Crippen LogP contribution < -0.4 is 5.73 Å². The van der Waals surface area contributed by atoms with Crippen molar-refractivity contribution in [3.8, 4) is 0 Å². The highest BCUT2D eigenvalue weighted by molar-refractivity contribution is 5.30. The van der Waals surface area contributed by atoms with Gasteiger partial charge in [0.1, 0.15) is 0 Å². The van der Waals surface area contributed by atoms with Crippen molar-refractivity contribution in [3.63, 3.8) is 0 Å². The Morgan fingerprint density at radius 1 is 1.11 bits per heavy atom. The predicted octanol–water partition coefficient (Wildman–Crippen LogP) is 2.87. The molecule has 0 spiro atoms. The summed E-state index contributed by atoms with van der Waals surface area (Å²) in [4.78, 5) is 4.62. The van der Waals surface area contributed by atoms with Gasteiger partial charge in [0.15, 0.2) is 0 Å². The van der Waals surface area contributed by atoms with Crippen molar-refractivity contribution in [2.24, 2.45) is 23.5 Å². The maximum Gasteiger partial charge on any atom is 0.0482 e. The molecule has 96 valence electrons. The summed E-state index contributed by atoms with van der Waals surface area (Å²) < 4.78 is 0. The van der Waals surface area contributed by atoms with E-state index < -0.39 is 0 Å². The smallest absolute Gasteiger partial charge is 0.0482 e. The van der Waals surface area contributed by atoms with Crippen LogP contribution in [0, 0.1) is 17.8 Å². The number of hydrogen-bond acceptors (Lipinski definition) is 2. The van der Waals surface area contributed by atoms with Crippen LogP contribution in [0.25, 0.3) is 0 Å². The van der Waals surface area contributed by atoms with Gasteiger partial charge >= 0.3 is 0 Å². The van der Waals surface area contributed by atoms with E-state index in [4.69, 9.17) is 5.73 Å². The summed E-state index contributed by atoms with van der Waals surface area (Å²) in [6, 6.07) is 4.66. The average molecular weight is 242 g/mol. The number of nitrogens with two attached hydrogens (primary N) is 1. The molecule has 3 aliphatic carbocycles. The molecular weight excluding hydrogens is 220 g/mol. The minimum absolute atomic E-state index is 0.362. The molecule has 18 heavy (non-hydrogen) atoms. The molecule has 3 aliphatic rings. The van der Waals surface area contributed by atoms with Gasteiger partial charge in [0.25, 0.3) is 0 Å². The van der Waals surface area contributed by atoms with Gasteiger partial charge in [0, 0.05) is 23.9 Å². The van der Waals surface area contributed by atoms with Crippen LogP contribution in [-0.2, 0) is 6.42 Å². The van der Waals surface area contributed by atoms with Crippen molar-refractivity contribution >= 4 is 0 Å². The Balaban J connectivity index is 1.59. The molecule has 1 heterocycles. The second kappa shape index (κ2) is 4.06. The highest BCUT2D eigenvalue weighted by Gasteiger charge is 2.47. The molecule has 2 N–H and O–H groups in total. The summed E-state index contributed by atoms with van der Waals surface area (Å²) in [6.45, 7) is 0. The highest BCUT2D eigenvalue weighted by Crippen LogP contribution is 2.53. The summed E-state index contributed by atoms with van der Waals surface area (Å²) >= 11 is 0. The maximum atomic E-state index is 6.68. The average Bonchev–Trinajstić information content (AvgIpc) is 3.30. The van der Waals surface area contributed by atoms with E-state index in [0.29, 0.717) is 12.0 Å². The van der Waals surface area contributed by atoms with Gasteiger partial charge in [-0.15, -0.1) is 0 Å². The third-order valence-corrected chi connectivity index (χ3v) is 5.24. The summed E-state index contributed by atoms with van der Waals surface area (Å²) in [5.41, 5.74) is 9.44. The molecule has 0 radical (unpaired) electrons. The lowest BCUT2D eigenvalue weighted by atomic mass is 9.81. The van der Waals surface area contributed by atoms with E-state index in [0.717, 1.165) is 17.8 Å². The molecule has 2 nitrogen and oxygen atoms in total. The molecular formula is C16H22N2. The van der Waals surface area contributed by atoms with Gasteiger partial charge in [-0.05, 0) is 67.9 Å². The van der Waals surface area contributed by atoms with Gasteiger partial charge in [-0.2, -0.15) is 0 Å². The molecule has 1 aromatic heterocycles. The largest absolute Gasteiger partial charge is 0.327 e. The minimum Gasteiger partial charge on any atom is -0.327 e. The molecule has 2 fully saturated rings. The van der Waals surface area contributed by atoms with Gasteiger partial charge in [0.2, 0.25) is 0 Å². The first-order valence-electron chi connectivity index (χ1n) is 7.54. The summed E-state index contributed by atoms with van der Waals surface area (Å²) in [5, 5.41) is 0. The molecule has 0 aromatic carbocycles. The zero-order valence-corrected chi connectivity index (χ0v) is 10.9. The number of nitrogens with zero attached hydrogens (tertiary/aromatic N) is 1. The standard InChI is InChI=1S/C16H22N2/c17-15(14(10-3-4-10)11-5-6-11)13-8-7-12-2-1-9-18-16(12)13/h1-2,9-11,13-15H,3-8,17H2. The number of aryl methyl sites for hydroxylation is 1. The van der Waals surface area contributed by atoms with Gasteiger partial charge < -0.3 is 5.73 Å². The molecule has 1 aromatic rings. The van der Waals surface area contributed by atoms with Gasteiger partial charge in [0.05, 0.1) is 0 Å². The van der Waals surface area contributed by atoms with Crippen molar-refractivity contribution in [1.82, 2.24) is 4.98 Å². The molecule has 0 bridgehead atoms. The van der Waals surface area contributed by atoms with Crippen molar-refractivity contribution in [3.05, 3.63) is 29.6 Å². The van der Waals surface area contributed by atoms with Crippen LogP contribution in [0.5, 0.6) is 0 Å². The molecule has 2 unspecified atom stereocenters. The zero-order valence-electron chi connectivity index (χ0n) is 10.9. The van der Waals surface area contributed by atoms with Crippen LogP contribution >= 0.6 is 0 Å². The Bertz CT molecular complexity index is 436. The molecule has 4 rings (SSSR count). The predicted molar refractivity (Wildman–Crippen MR) is 72.2 cm³/mol. The molecule has 0 amide bonds. The van der Waals surface area contributed by atoms with E-state index in [1.54, 1.807) is 0 Å². The second-order valence-electron chi connectivity index (χ2n) is 6.52. The van der Waals surface area contributed by atoms with Crippen molar-refractivity contribution in [2.75, 3.05) is 0 Å². The fourth-order valence-electron chi connectivity index (χ4n) is 4.06. The summed E-state index contributed by atoms with van der Waals surface area (Å²) in [7, 11) is 0. The zero-order chi connectivity index (χ0) is 12.1. The van der Waals surface area contributed by atoms with Gasteiger partial charge in [-0.3, -0.25) is 4.98 Å². The fourth-order valence-corrected chi connectivity index (χ4v) is 4.06. The normalized spacial score (nSPS) is 28.4. The topological polar surface area (TPSA) is 38.9 Å². The quantitative estimate of drug-likeness (QED) is 0.881. The molecule has 2 atom stereocenters. The first-order chi connectivity index (χ1) is 8.84. The fraction of sp³-hybridized carbons (Fsp3) is 0.688. The third kappa shape index (κ3) is 1.78. The summed E-state index contributed by atoms with van der Waals surface area (Å²) in [5.74, 6) is 3.22. The van der Waals surface area contributed by atoms with Crippen molar-refractivity contribution in [2.45, 2.75) is 50.5 Å². The third-order valence-electron chi connectivity index (χ3n) is 5.24. The number of hydrogen-bond donors (Lipinski definition) is 1. The van der Waals surface area contributed by atoms with E-state index >= 15 is 0 Å². The van der Waals surface area contributed by atoms with Crippen LogP contribution in [-0.4, -0.2) is 11.0 Å². The maximum absolute atomic E-state index is 6.68. The van der Waals surface area contributed by atoms with Crippen LogP contribution in [0.3, 0.4) is 0 Å². The number of fused-ring (bicyclic) bond motifs is 1. The number of pyridine rings is 1. The van der Waals surface area contributed by atoms with Gasteiger partial charge in [-0.1, -0.05) is 6.07 Å². The van der Waals surface area contributed by atoms with E-state index in [1.807, 2.05) is 6.20 Å². The molecule has 0 saturated heterocycles. The van der Waals surface area contributed by atoms with Crippen LogP contribution in [0.2, 0.25) is 0 Å². The number of rotatable bonds is 4. The lowest BCUT2D eigenvalue weighted by Crippen LogP contribution is -2.38. The van der Waals surface area contributed by atoms with E-state index in [-0.39, 0.29) is 0 Å². The van der Waals surface area contributed by atoms with Crippen molar-refractivity contribution in [1.29, 1.82) is 0 Å². The van der Waals surface area contributed by atoms with Crippen LogP contribution in [0.1, 0.15) is 49.3 Å². The van der Waals surface area contributed by atoms with Gasteiger partial charge in [-0.25, -0.2) is 0 Å². The Morgan fingerprint density at radius 3 is 2.50 bits per heavy atom. The second-order valence-corrected chi connectivity index (χ2v) is 6.52. The lowest BCUT2D eigenvalue weighted by Gasteiger charge is -2.29. The number of aromatic nitrogens is 1. The molecule has 2 heteroatoms. The first kappa shape index (κ1) is 11.0. The monoisotopic (exact) mass is 242 g/mol. The molecule has 0 aliphatic heterocycles. The van der Waals surface area contributed by atoms with E-state index in [2.05, 4.69) is 17.1 Å². The molecule has 2 saturated carbocycles. The Labute approximate surface area is 109 Å². The lowest BCUT2D eigenvalue weighted by molar-refractivity contribution is 0.290. The van der Waals surface area contributed by atoms with Crippen LogP contribution in [0.4, 0.5) is 0 Å². The Hall–Kier alpha value is -0.890. The van der Waals surface area contributed by atoms with Crippen LogP contribution in [0.15, 0.2) is 18.3 Å². The Kier molecular flexibility index (Phi) is 2.47. The summed E-state index contributed by atoms with van der Waals surface area (Å²) in [6.07, 6.45) is 10.1. The minimum atomic E-state index is 0.362. The Morgan fingerprint density at radius 2 is 1.83 bits per heavy atom. The first-order valence-corrected chi connectivity index (χ1v) is 7.54. The SMILES string of the molecule is NC(C1CCc2cccnc21)C(C1CC1)C1CC1.